The number of thiazole rings is 1. The molecule has 0 radical (unpaired) electrons. The Balaban J connectivity index is 2.43. The molecule has 0 saturated heterocycles. The van der Waals surface area contributed by atoms with Gasteiger partial charge in [0.15, 0.2) is 5.13 Å². The molecule has 0 amide bonds. The summed E-state index contributed by atoms with van der Waals surface area (Å²) >= 11 is 13.1. The van der Waals surface area contributed by atoms with E-state index in [2.05, 4.69) is 9.71 Å². The van der Waals surface area contributed by atoms with Crippen LogP contribution in [-0.4, -0.2) is 13.4 Å². The Morgan fingerprint density at radius 3 is 2.60 bits per heavy atom. The summed E-state index contributed by atoms with van der Waals surface area (Å²) in [4.78, 5) is 3.97. The topological polar surface area (TPSA) is 85.1 Å². The molecular formula is C11H11Cl2N3O2S2. The second-order valence-corrected chi connectivity index (χ2v) is 7.30. The van der Waals surface area contributed by atoms with Crippen LogP contribution in [0.2, 0.25) is 10.0 Å². The third kappa shape index (κ3) is 3.24. The molecule has 2 aromatic rings. The largest absolute Gasteiger partial charge is 0.326 e. The van der Waals surface area contributed by atoms with Gasteiger partial charge in [-0.15, -0.1) is 11.3 Å². The maximum Gasteiger partial charge on any atom is 0.265 e. The second kappa shape index (κ2) is 5.87. The van der Waals surface area contributed by atoms with Crippen LogP contribution in [0.3, 0.4) is 0 Å². The van der Waals surface area contributed by atoms with Gasteiger partial charge in [-0.2, -0.15) is 0 Å². The monoisotopic (exact) mass is 351 g/mol. The zero-order chi connectivity index (χ0) is 14.9. The van der Waals surface area contributed by atoms with Crippen molar-refractivity contribution in [1.82, 2.24) is 4.98 Å². The zero-order valence-corrected chi connectivity index (χ0v) is 13.5. The number of aromatic nitrogens is 1. The van der Waals surface area contributed by atoms with Crippen molar-refractivity contribution in [2.45, 2.75) is 18.4 Å². The lowest BCUT2D eigenvalue weighted by Gasteiger charge is -2.10. The second-order valence-electron chi connectivity index (χ2n) is 3.98. The van der Waals surface area contributed by atoms with Crippen LogP contribution in [0.15, 0.2) is 22.4 Å². The molecule has 1 aromatic carbocycles. The Morgan fingerprint density at radius 2 is 2.05 bits per heavy atom. The standard InChI is InChI=1S/C11H11Cl2N3O2S2/c1-6-5-19-11(15-6)16-20(17,18)10-2-7(4-14)8(12)3-9(10)13/h2-3,5H,4,14H2,1H3,(H,15,16). The molecular weight excluding hydrogens is 341 g/mol. The third-order valence-corrected chi connectivity index (χ3v) is 5.61. The average molecular weight is 352 g/mol. The Hall–Kier alpha value is -0.860. The van der Waals surface area contributed by atoms with Gasteiger partial charge in [-0.1, -0.05) is 23.2 Å². The fourth-order valence-corrected chi connectivity index (χ4v) is 4.32. The first-order valence-corrected chi connectivity index (χ1v) is 8.58. The van der Waals surface area contributed by atoms with Crippen molar-refractivity contribution in [3.8, 4) is 0 Å². The smallest absolute Gasteiger partial charge is 0.265 e. The van der Waals surface area contributed by atoms with Crippen LogP contribution in [-0.2, 0) is 16.6 Å². The summed E-state index contributed by atoms with van der Waals surface area (Å²) in [5.41, 5.74) is 6.76. The SMILES string of the molecule is Cc1csc(NS(=O)(=O)c2cc(CN)c(Cl)cc2Cl)n1. The third-order valence-electron chi connectivity index (χ3n) is 2.45. The van der Waals surface area contributed by atoms with Gasteiger partial charge < -0.3 is 5.73 Å². The van der Waals surface area contributed by atoms with Crippen molar-refractivity contribution < 1.29 is 8.42 Å². The van der Waals surface area contributed by atoms with E-state index in [1.165, 1.54) is 23.5 Å². The van der Waals surface area contributed by atoms with Crippen molar-refractivity contribution >= 4 is 49.7 Å². The minimum absolute atomic E-state index is 0.0352. The highest BCUT2D eigenvalue weighted by atomic mass is 35.5. The van der Waals surface area contributed by atoms with E-state index in [4.69, 9.17) is 28.9 Å². The Morgan fingerprint density at radius 1 is 1.35 bits per heavy atom. The molecule has 0 saturated carbocycles. The molecule has 0 aliphatic carbocycles. The number of halogens is 2. The van der Waals surface area contributed by atoms with Gasteiger partial charge in [0.1, 0.15) is 4.90 Å². The Labute approximate surface area is 130 Å². The minimum atomic E-state index is -3.83. The summed E-state index contributed by atoms with van der Waals surface area (Å²) < 4.78 is 27.0. The molecule has 0 atom stereocenters. The van der Waals surface area contributed by atoms with Crippen LogP contribution in [0.4, 0.5) is 5.13 Å². The van der Waals surface area contributed by atoms with E-state index < -0.39 is 10.0 Å². The number of hydrogen-bond donors (Lipinski definition) is 2. The van der Waals surface area contributed by atoms with Crippen molar-refractivity contribution in [1.29, 1.82) is 0 Å². The molecule has 3 N–H and O–H groups in total. The van der Waals surface area contributed by atoms with Gasteiger partial charge in [0.05, 0.1) is 10.7 Å². The fraction of sp³-hybridized carbons (Fsp3) is 0.182. The molecule has 0 aliphatic heterocycles. The minimum Gasteiger partial charge on any atom is -0.326 e. The highest BCUT2D eigenvalue weighted by Gasteiger charge is 2.21. The number of aryl methyl sites for hydroxylation is 1. The van der Waals surface area contributed by atoms with E-state index in [1.54, 1.807) is 12.3 Å². The number of nitrogens with one attached hydrogen (secondary N) is 1. The molecule has 1 aromatic heterocycles. The number of anilines is 1. The first kappa shape index (κ1) is 15.5. The molecule has 108 valence electrons. The van der Waals surface area contributed by atoms with Crippen molar-refractivity contribution in [3.05, 3.63) is 38.8 Å². The lowest BCUT2D eigenvalue weighted by atomic mass is 10.2. The van der Waals surface area contributed by atoms with Gasteiger partial charge in [-0.25, -0.2) is 13.4 Å². The first-order valence-electron chi connectivity index (χ1n) is 5.46. The summed E-state index contributed by atoms with van der Waals surface area (Å²) in [6.45, 7) is 1.89. The van der Waals surface area contributed by atoms with Gasteiger partial charge >= 0.3 is 0 Å². The Kier molecular flexibility index (Phi) is 4.55. The normalized spacial score (nSPS) is 11.6. The van der Waals surface area contributed by atoms with Crippen LogP contribution in [0.25, 0.3) is 0 Å². The van der Waals surface area contributed by atoms with Gasteiger partial charge in [0.25, 0.3) is 10.0 Å². The summed E-state index contributed by atoms with van der Waals surface area (Å²) in [5.74, 6) is 0. The molecule has 0 aliphatic rings. The van der Waals surface area contributed by atoms with Crippen LogP contribution < -0.4 is 10.5 Å². The van der Waals surface area contributed by atoms with Crippen molar-refractivity contribution in [2.24, 2.45) is 5.73 Å². The summed E-state index contributed by atoms with van der Waals surface area (Å²) in [7, 11) is -3.83. The lowest BCUT2D eigenvalue weighted by Crippen LogP contribution is -2.14. The zero-order valence-electron chi connectivity index (χ0n) is 10.4. The quantitative estimate of drug-likeness (QED) is 0.886. The molecule has 5 nitrogen and oxygen atoms in total. The van der Waals surface area contributed by atoms with Gasteiger partial charge in [0.2, 0.25) is 0 Å². The highest BCUT2D eigenvalue weighted by molar-refractivity contribution is 7.93. The fourth-order valence-electron chi connectivity index (χ4n) is 1.50. The van der Waals surface area contributed by atoms with Crippen LogP contribution in [0.1, 0.15) is 11.3 Å². The predicted molar refractivity (Wildman–Crippen MR) is 82.0 cm³/mol. The summed E-state index contributed by atoms with van der Waals surface area (Å²) in [6.07, 6.45) is 0. The number of benzene rings is 1. The Bertz CT molecular complexity index is 744. The number of hydrogen-bond acceptors (Lipinski definition) is 5. The maximum absolute atomic E-state index is 12.3. The molecule has 0 fully saturated rings. The summed E-state index contributed by atoms with van der Waals surface area (Å²) in [6, 6.07) is 2.74. The lowest BCUT2D eigenvalue weighted by molar-refractivity contribution is 0.601. The van der Waals surface area contributed by atoms with Gasteiger partial charge in [-0.05, 0) is 24.6 Å². The van der Waals surface area contributed by atoms with Gasteiger partial charge in [0, 0.05) is 16.9 Å². The van der Waals surface area contributed by atoms with E-state index in [0.717, 1.165) is 5.69 Å². The molecule has 0 bridgehead atoms. The molecule has 0 spiro atoms. The molecule has 0 unspecified atom stereocenters. The molecule has 2 rings (SSSR count). The first-order chi connectivity index (χ1) is 9.33. The van der Waals surface area contributed by atoms with Crippen LogP contribution in [0, 0.1) is 6.92 Å². The van der Waals surface area contributed by atoms with Gasteiger partial charge in [-0.3, -0.25) is 4.72 Å². The maximum atomic E-state index is 12.3. The predicted octanol–water partition coefficient (Wildman–Crippen LogP) is 3.02. The number of sulfonamides is 1. The molecule has 20 heavy (non-hydrogen) atoms. The van der Waals surface area contributed by atoms with E-state index >= 15 is 0 Å². The van der Waals surface area contributed by atoms with E-state index in [0.29, 0.717) is 10.6 Å². The van der Waals surface area contributed by atoms with E-state index in [1.807, 2.05) is 0 Å². The number of rotatable bonds is 4. The number of nitrogens with two attached hydrogens (primary N) is 1. The van der Waals surface area contributed by atoms with Crippen molar-refractivity contribution in [2.75, 3.05) is 4.72 Å². The van der Waals surface area contributed by atoms with Crippen LogP contribution >= 0.6 is 34.5 Å². The van der Waals surface area contributed by atoms with E-state index in [9.17, 15) is 8.42 Å². The van der Waals surface area contributed by atoms with Crippen LogP contribution in [0.5, 0.6) is 0 Å². The average Bonchev–Trinajstić information content (AvgIpc) is 2.73. The highest BCUT2D eigenvalue weighted by Crippen LogP contribution is 2.30. The van der Waals surface area contributed by atoms with E-state index in [-0.39, 0.29) is 21.6 Å². The number of nitrogens with zero attached hydrogens (tertiary/aromatic N) is 1. The summed E-state index contributed by atoms with van der Waals surface area (Å²) in [5, 5.41) is 2.39. The molecule has 1 heterocycles. The van der Waals surface area contributed by atoms with Crippen molar-refractivity contribution in [3.63, 3.8) is 0 Å². The molecule has 9 heteroatoms.